The Morgan fingerprint density at radius 1 is 0.877 bits per heavy atom. The number of halogens is 5. The number of anilines is 1. The van der Waals surface area contributed by atoms with Gasteiger partial charge in [-0.3, -0.25) is 19.5 Å². The number of pyridine rings is 1. The van der Waals surface area contributed by atoms with E-state index in [1.165, 1.54) is 47.5 Å². The number of aromatic hydroxyl groups is 1. The summed E-state index contributed by atoms with van der Waals surface area (Å²) in [6.07, 6.45) is 9.94. The van der Waals surface area contributed by atoms with Crippen LogP contribution in [-0.2, 0) is 9.59 Å². The van der Waals surface area contributed by atoms with Crippen molar-refractivity contribution in [3.63, 3.8) is 0 Å². The van der Waals surface area contributed by atoms with E-state index in [1.54, 1.807) is 25.1 Å². The summed E-state index contributed by atoms with van der Waals surface area (Å²) < 4.78 is 92.1. The van der Waals surface area contributed by atoms with Crippen molar-refractivity contribution >= 4 is 39.3 Å². The van der Waals surface area contributed by atoms with E-state index in [9.17, 15) is 33.0 Å². The molecule has 2 bridgehead atoms. The largest absolute Gasteiger partial charge is 0.508 e. The number of likely N-dealkylation sites (tertiary alicyclic amines) is 2. The summed E-state index contributed by atoms with van der Waals surface area (Å²) in [6.45, 7) is 9.24. The standard InChI is InChI=1S/C60H60F5N9O7/c1-5-41-45(61)14-10-36-22-39(75)23-43(51(36)41)55-54(65)56-44(26-66-55)57(73-27-37-11-12-38(28-73)68-37)70-60(69-56)79-21-20-72-18-16-33(17-19-72)30-80-49-25-48(81-71-49)50(31(2)3)59(78)74-29-40(76)24-47(74)58(77)67-32(4)34-6-8-35(9-7-34)42-13-15-46(62)53(64)52(42)63/h1,6-10,13-15,22-23,25-26,31-33,37-38,40,47,50,68,75-76H,11-12,16-21,24,27-30H2,2-4H3,(H,67,77)/t32-,37?,38?,40+,47-,50+/m0/s1. The Bertz CT molecular complexity index is 3560. The third-order valence-corrected chi connectivity index (χ3v) is 16.1. The van der Waals surface area contributed by atoms with Crippen molar-refractivity contribution in [2.75, 3.05) is 57.4 Å². The van der Waals surface area contributed by atoms with E-state index >= 15 is 8.78 Å². The number of piperazine rings is 1. The molecule has 4 saturated heterocycles. The van der Waals surface area contributed by atoms with Crippen LogP contribution >= 0.6 is 0 Å². The fourth-order valence-corrected chi connectivity index (χ4v) is 11.9. The summed E-state index contributed by atoms with van der Waals surface area (Å²) in [5.74, 6) is -4.30. The van der Waals surface area contributed by atoms with Gasteiger partial charge in [-0.05, 0) is 110 Å². The summed E-state index contributed by atoms with van der Waals surface area (Å²) in [4.78, 5) is 47.8. The number of aliphatic hydroxyl groups excluding tert-OH is 1. The second-order valence-electron chi connectivity index (χ2n) is 21.9. The summed E-state index contributed by atoms with van der Waals surface area (Å²) >= 11 is 0. The zero-order valence-electron chi connectivity index (χ0n) is 44.8. The van der Waals surface area contributed by atoms with Gasteiger partial charge < -0.3 is 44.6 Å². The van der Waals surface area contributed by atoms with Crippen molar-refractivity contribution in [3.05, 3.63) is 119 Å². The first-order chi connectivity index (χ1) is 39.0. The number of β-amino-alcohol motifs (C(OH)–C–C–N with tert-alkyl or cyclic N) is 1. The Labute approximate surface area is 463 Å². The number of piperidine rings is 1. The van der Waals surface area contributed by atoms with Crippen molar-refractivity contribution in [2.45, 2.75) is 89.1 Å². The first-order valence-electron chi connectivity index (χ1n) is 27.3. The molecule has 7 heterocycles. The Morgan fingerprint density at radius 3 is 2.35 bits per heavy atom. The number of ether oxygens (including phenoxy) is 2. The normalized spacial score (nSPS) is 20.3. The number of terminal acetylenes is 1. The Morgan fingerprint density at radius 2 is 1.62 bits per heavy atom. The van der Waals surface area contributed by atoms with Crippen LogP contribution in [-0.4, -0.2) is 129 Å². The van der Waals surface area contributed by atoms with Crippen LogP contribution in [0.15, 0.2) is 77.4 Å². The van der Waals surface area contributed by atoms with Gasteiger partial charge in [-0.2, -0.15) is 9.97 Å². The molecule has 3 aromatic heterocycles. The maximum Gasteiger partial charge on any atom is 0.319 e. The minimum absolute atomic E-state index is 0.00704. The number of nitrogens with one attached hydrogen (secondary N) is 2. The van der Waals surface area contributed by atoms with Crippen molar-refractivity contribution in [2.24, 2.45) is 11.8 Å². The predicted octanol–water partition coefficient (Wildman–Crippen LogP) is 8.57. The molecule has 16 nitrogen and oxygen atoms in total. The van der Waals surface area contributed by atoms with Crippen LogP contribution in [0.4, 0.5) is 27.8 Å². The lowest BCUT2D eigenvalue weighted by molar-refractivity contribution is -0.141. The van der Waals surface area contributed by atoms with Crippen molar-refractivity contribution in [1.29, 1.82) is 0 Å². The van der Waals surface area contributed by atoms with Gasteiger partial charge >= 0.3 is 6.01 Å². The molecule has 81 heavy (non-hydrogen) atoms. The Kier molecular flexibility index (Phi) is 15.6. The third-order valence-electron chi connectivity index (χ3n) is 16.1. The molecule has 4 aromatic carbocycles. The fourth-order valence-electron chi connectivity index (χ4n) is 11.9. The lowest BCUT2D eigenvalue weighted by Crippen LogP contribution is -2.51. The number of carbonyl (C=O) groups excluding carboxylic acids is 2. The van der Waals surface area contributed by atoms with Gasteiger partial charge in [-0.25, -0.2) is 22.0 Å². The molecular weight excluding hydrogens is 1050 g/mol. The topological polar surface area (TPSA) is 192 Å². The van der Waals surface area contributed by atoms with Crippen LogP contribution in [0.5, 0.6) is 17.6 Å². The smallest absolute Gasteiger partial charge is 0.319 e. The minimum Gasteiger partial charge on any atom is -0.508 e. The van der Waals surface area contributed by atoms with E-state index in [2.05, 4.69) is 41.5 Å². The summed E-state index contributed by atoms with van der Waals surface area (Å²) in [6, 6.07) is 14.3. The summed E-state index contributed by atoms with van der Waals surface area (Å²) in [5.41, 5.74) is 0.679. The number of hydrogen-bond acceptors (Lipinski definition) is 14. The number of nitrogens with zero attached hydrogens (tertiary/aromatic N) is 7. The summed E-state index contributed by atoms with van der Waals surface area (Å²) in [5, 5.41) is 33.1. The molecule has 4 fully saturated rings. The molecule has 0 radical (unpaired) electrons. The molecular formula is C60H60F5N9O7. The van der Waals surface area contributed by atoms with Crippen LogP contribution < -0.4 is 25.0 Å². The fraction of sp³-hybridized carbons (Fsp3) is 0.400. The number of fused-ring (bicyclic) bond motifs is 4. The van der Waals surface area contributed by atoms with E-state index < -0.39 is 65.0 Å². The molecule has 7 aromatic rings. The van der Waals surface area contributed by atoms with Crippen LogP contribution in [0.1, 0.15) is 81.7 Å². The number of hydrogen-bond donors (Lipinski definition) is 4. The van der Waals surface area contributed by atoms with Crippen molar-refractivity contribution in [3.8, 4) is 52.4 Å². The highest BCUT2D eigenvalue weighted by molar-refractivity contribution is 6.03. The van der Waals surface area contributed by atoms with Crippen LogP contribution in [0.3, 0.4) is 0 Å². The van der Waals surface area contributed by atoms with Gasteiger partial charge in [0.1, 0.15) is 47.2 Å². The molecule has 2 amide bonds. The molecule has 4 aliphatic heterocycles. The molecule has 2 unspecified atom stereocenters. The maximum atomic E-state index is 17.1. The van der Waals surface area contributed by atoms with E-state index in [4.69, 9.17) is 25.4 Å². The van der Waals surface area contributed by atoms with Gasteiger partial charge in [0.2, 0.25) is 11.8 Å². The molecule has 11 rings (SSSR count). The van der Waals surface area contributed by atoms with Crippen molar-refractivity contribution in [1.82, 2.24) is 40.5 Å². The second kappa shape index (κ2) is 22.9. The molecule has 0 aliphatic carbocycles. The van der Waals surface area contributed by atoms with Crippen LogP contribution in [0, 0.1) is 53.3 Å². The van der Waals surface area contributed by atoms with E-state index in [1.807, 2.05) is 13.8 Å². The van der Waals surface area contributed by atoms with Crippen LogP contribution in [0.25, 0.3) is 44.1 Å². The predicted molar refractivity (Wildman–Crippen MR) is 291 cm³/mol. The van der Waals surface area contributed by atoms with E-state index in [0.29, 0.717) is 54.0 Å². The summed E-state index contributed by atoms with van der Waals surface area (Å²) in [7, 11) is 0. The third kappa shape index (κ3) is 11.2. The molecule has 4 aliphatic rings. The first-order valence-corrected chi connectivity index (χ1v) is 27.3. The van der Waals surface area contributed by atoms with E-state index in [0.717, 1.165) is 50.9 Å². The zero-order valence-corrected chi connectivity index (χ0v) is 44.8. The number of amides is 2. The zero-order chi connectivity index (χ0) is 56.8. The number of phenols is 1. The number of rotatable bonds is 16. The van der Waals surface area contributed by atoms with E-state index in [-0.39, 0.29) is 100 Å². The molecule has 422 valence electrons. The number of carbonyl (C=O) groups is 2. The molecule has 4 N–H and O–H groups in total. The first kappa shape index (κ1) is 55.0. The van der Waals surface area contributed by atoms with Crippen LogP contribution in [0.2, 0.25) is 0 Å². The maximum absolute atomic E-state index is 17.1. The van der Waals surface area contributed by atoms with Gasteiger partial charge in [0.25, 0.3) is 5.88 Å². The molecule has 6 atom stereocenters. The van der Waals surface area contributed by atoms with Gasteiger partial charge in [0.15, 0.2) is 29.0 Å². The van der Waals surface area contributed by atoms with Gasteiger partial charge in [0.05, 0.1) is 29.7 Å². The Hall–Kier alpha value is -7.93. The highest BCUT2D eigenvalue weighted by atomic mass is 19.2. The minimum atomic E-state index is -1.57. The molecule has 0 spiro atoms. The number of aromatic nitrogens is 4. The highest BCUT2D eigenvalue weighted by Gasteiger charge is 2.44. The average Bonchev–Trinajstić information content (AvgIpc) is 4.37. The number of benzene rings is 4. The number of aliphatic hydroxyl groups is 1. The quantitative estimate of drug-likeness (QED) is 0.0409. The Balaban J connectivity index is 0.701. The van der Waals surface area contributed by atoms with Crippen molar-refractivity contribution < 1.29 is 55.8 Å². The lowest BCUT2D eigenvalue weighted by Gasteiger charge is -2.34. The average molecular weight is 1110 g/mol. The number of phenolic OH excluding ortho intramolecular Hbond substituents is 1. The SMILES string of the molecule is C#Cc1c(F)ccc2cc(O)cc(-c3ncc4c(N5CC6CCC(C5)N6)nc(OCCN5CCC(COc6cc([C@H](C(=O)N7C[C@H](O)C[C@H]7C(=O)N[C@@H](C)c7ccc(-c8ccc(F)c(F)c8F)cc7)C(C)C)on6)CC5)nc4c3F)c12. The molecule has 21 heteroatoms. The van der Waals surface area contributed by atoms with Gasteiger partial charge in [-0.1, -0.05) is 50.1 Å². The highest BCUT2D eigenvalue weighted by Crippen LogP contribution is 2.40. The second-order valence-corrected chi connectivity index (χ2v) is 21.9. The van der Waals surface area contributed by atoms with Gasteiger partial charge in [0, 0.05) is 73.5 Å². The van der Waals surface area contributed by atoms with Gasteiger partial charge in [-0.15, -0.1) is 6.42 Å². The monoisotopic (exact) mass is 1110 g/mol. The molecule has 0 saturated carbocycles. The lowest BCUT2D eigenvalue weighted by atomic mass is 9.91.